The number of aliphatic hydroxyl groups is 1. The van der Waals surface area contributed by atoms with Crippen LogP contribution in [0.25, 0.3) is 5.69 Å². The van der Waals surface area contributed by atoms with Crippen molar-refractivity contribution in [2.45, 2.75) is 6.61 Å². The second kappa shape index (κ2) is 7.32. The van der Waals surface area contributed by atoms with Crippen molar-refractivity contribution in [3.05, 3.63) is 41.7 Å². The molecular weight excluding hydrogens is 348 g/mol. The van der Waals surface area contributed by atoms with Crippen LogP contribution in [0.15, 0.2) is 30.7 Å². The zero-order valence-corrected chi connectivity index (χ0v) is 14.2. The topological polar surface area (TPSA) is 107 Å². The molecule has 2 aromatic heterocycles. The summed E-state index contributed by atoms with van der Waals surface area (Å²) >= 11 is 5.84. The molecule has 0 saturated carbocycles. The van der Waals surface area contributed by atoms with Crippen LogP contribution in [0.2, 0.25) is 5.28 Å². The summed E-state index contributed by atoms with van der Waals surface area (Å²) in [4.78, 5) is 16.0. The van der Waals surface area contributed by atoms with Crippen LogP contribution in [0.4, 0.5) is 11.6 Å². The molecule has 9 nitrogen and oxygen atoms in total. The van der Waals surface area contributed by atoms with Crippen LogP contribution < -0.4 is 14.8 Å². The molecule has 130 valence electrons. The number of hydrogen-bond acceptors (Lipinski definition) is 8. The summed E-state index contributed by atoms with van der Waals surface area (Å²) in [5.41, 5.74) is 2.02. The fraction of sp³-hybridized carbons (Fsp3) is 0.200. The van der Waals surface area contributed by atoms with E-state index in [0.717, 1.165) is 5.69 Å². The first kappa shape index (κ1) is 16.9. The molecule has 0 fully saturated rings. The van der Waals surface area contributed by atoms with Gasteiger partial charge in [-0.15, -0.1) is 0 Å². The third-order valence-corrected chi connectivity index (χ3v) is 3.45. The Kier molecular flexibility index (Phi) is 4.96. The molecule has 0 spiro atoms. The molecule has 10 heteroatoms. The zero-order valence-electron chi connectivity index (χ0n) is 13.5. The predicted octanol–water partition coefficient (Wildman–Crippen LogP) is 1.96. The number of nitrogens with one attached hydrogen (secondary N) is 1. The van der Waals surface area contributed by atoms with Gasteiger partial charge in [-0.3, -0.25) is 0 Å². The molecule has 0 amide bonds. The standard InChI is InChI=1S/C15H15ClN6O3/c1-24-12-5-9(18-14-19-13(16)20-15(21-14)25-2)3-4-11(12)22-6-10(7-23)17-8-22/h3-6,8,23H,7H2,1-2H3,(H,18,19,20,21). The monoisotopic (exact) mass is 362 g/mol. The lowest BCUT2D eigenvalue weighted by atomic mass is 10.2. The van der Waals surface area contributed by atoms with Crippen LogP contribution in [0.1, 0.15) is 5.69 Å². The first-order chi connectivity index (χ1) is 12.1. The van der Waals surface area contributed by atoms with E-state index in [1.165, 1.54) is 7.11 Å². The van der Waals surface area contributed by atoms with Crippen LogP contribution in [-0.4, -0.2) is 43.8 Å². The van der Waals surface area contributed by atoms with Crippen molar-refractivity contribution in [2.24, 2.45) is 0 Å². The number of anilines is 2. The molecule has 2 N–H and O–H groups in total. The first-order valence-corrected chi connectivity index (χ1v) is 7.55. The van der Waals surface area contributed by atoms with Crippen molar-refractivity contribution in [2.75, 3.05) is 19.5 Å². The summed E-state index contributed by atoms with van der Waals surface area (Å²) in [6, 6.07) is 5.55. The van der Waals surface area contributed by atoms with Crippen molar-refractivity contribution >= 4 is 23.2 Å². The number of ether oxygens (including phenoxy) is 2. The molecule has 1 aromatic carbocycles. The number of halogens is 1. The van der Waals surface area contributed by atoms with Crippen molar-refractivity contribution in [3.8, 4) is 17.4 Å². The minimum Gasteiger partial charge on any atom is -0.494 e. The van der Waals surface area contributed by atoms with Gasteiger partial charge in [-0.25, -0.2) is 4.98 Å². The van der Waals surface area contributed by atoms with Crippen LogP contribution in [-0.2, 0) is 6.61 Å². The number of imidazole rings is 1. The molecule has 0 radical (unpaired) electrons. The van der Waals surface area contributed by atoms with Gasteiger partial charge in [0.25, 0.3) is 0 Å². The van der Waals surface area contributed by atoms with Gasteiger partial charge >= 0.3 is 6.01 Å². The third kappa shape index (κ3) is 3.78. The predicted molar refractivity (Wildman–Crippen MR) is 90.7 cm³/mol. The highest BCUT2D eigenvalue weighted by atomic mass is 35.5. The van der Waals surface area contributed by atoms with Gasteiger partial charge in [0.15, 0.2) is 0 Å². The molecule has 0 bridgehead atoms. The smallest absolute Gasteiger partial charge is 0.322 e. The van der Waals surface area contributed by atoms with Crippen LogP contribution >= 0.6 is 11.6 Å². The third-order valence-electron chi connectivity index (χ3n) is 3.28. The average molecular weight is 363 g/mol. The van der Waals surface area contributed by atoms with Gasteiger partial charge in [0, 0.05) is 18.0 Å². The SMILES string of the molecule is COc1nc(Cl)nc(Nc2ccc(-n3cnc(CO)c3)c(OC)c2)n1. The van der Waals surface area contributed by atoms with E-state index in [9.17, 15) is 0 Å². The number of nitrogens with zero attached hydrogens (tertiary/aromatic N) is 5. The lowest BCUT2D eigenvalue weighted by Gasteiger charge is -2.12. The number of hydrogen-bond donors (Lipinski definition) is 2. The number of aliphatic hydroxyl groups excluding tert-OH is 1. The Morgan fingerprint density at radius 1 is 1.20 bits per heavy atom. The molecule has 25 heavy (non-hydrogen) atoms. The maximum absolute atomic E-state index is 9.14. The largest absolute Gasteiger partial charge is 0.494 e. The van der Waals surface area contributed by atoms with Crippen molar-refractivity contribution in [1.29, 1.82) is 0 Å². The van der Waals surface area contributed by atoms with Crippen molar-refractivity contribution < 1.29 is 14.6 Å². The Morgan fingerprint density at radius 3 is 2.72 bits per heavy atom. The molecule has 0 aliphatic carbocycles. The lowest BCUT2D eigenvalue weighted by molar-refractivity contribution is 0.277. The fourth-order valence-electron chi connectivity index (χ4n) is 2.15. The van der Waals surface area contributed by atoms with E-state index >= 15 is 0 Å². The Bertz CT molecular complexity index is 885. The van der Waals surface area contributed by atoms with Gasteiger partial charge in [-0.05, 0) is 23.7 Å². The van der Waals surface area contributed by atoms with Crippen molar-refractivity contribution in [3.63, 3.8) is 0 Å². The Morgan fingerprint density at radius 2 is 2.04 bits per heavy atom. The van der Waals surface area contributed by atoms with E-state index in [4.69, 9.17) is 26.2 Å². The van der Waals surface area contributed by atoms with E-state index in [0.29, 0.717) is 17.1 Å². The fourth-order valence-corrected chi connectivity index (χ4v) is 2.31. The molecule has 3 rings (SSSR count). The Labute approximate surface area is 148 Å². The van der Waals surface area contributed by atoms with E-state index < -0.39 is 0 Å². The molecule has 0 aliphatic heterocycles. The highest BCUT2D eigenvalue weighted by Gasteiger charge is 2.10. The van der Waals surface area contributed by atoms with Gasteiger partial charge in [0.2, 0.25) is 11.2 Å². The minimum absolute atomic E-state index is 0.0212. The van der Waals surface area contributed by atoms with Gasteiger partial charge in [-0.2, -0.15) is 15.0 Å². The molecule has 0 atom stereocenters. The highest BCUT2D eigenvalue weighted by molar-refractivity contribution is 6.28. The number of methoxy groups -OCH3 is 2. The van der Waals surface area contributed by atoms with Gasteiger partial charge in [-0.1, -0.05) is 0 Å². The molecule has 0 unspecified atom stereocenters. The zero-order chi connectivity index (χ0) is 17.8. The number of rotatable bonds is 6. The summed E-state index contributed by atoms with van der Waals surface area (Å²) in [6.07, 6.45) is 3.33. The van der Waals surface area contributed by atoms with Crippen LogP contribution in [0.3, 0.4) is 0 Å². The minimum atomic E-state index is -0.128. The second-order valence-electron chi connectivity index (χ2n) is 4.86. The Hall–Kier alpha value is -2.91. The van der Waals surface area contributed by atoms with E-state index in [-0.39, 0.29) is 23.8 Å². The second-order valence-corrected chi connectivity index (χ2v) is 5.19. The summed E-state index contributed by atoms with van der Waals surface area (Å²) in [7, 11) is 3.01. The van der Waals surface area contributed by atoms with Gasteiger partial charge < -0.3 is 24.5 Å². The van der Waals surface area contributed by atoms with Crippen LogP contribution in [0.5, 0.6) is 11.8 Å². The van der Waals surface area contributed by atoms with Crippen molar-refractivity contribution in [1.82, 2.24) is 24.5 Å². The van der Waals surface area contributed by atoms with E-state index in [2.05, 4.69) is 25.3 Å². The molecule has 2 heterocycles. The normalized spacial score (nSPS) is 10.6. The highest BCUT2D eigenvalue weighted by Crippen LogP contribution is 2.28. The lowest BCUT2D eigenvalue weighted by Crippen LogP contribution is -2.03. The number of benzene rings is 1. The maximum atomic E-state index is 9.14. The summed E-state index contributed by atoms with van der Waals surface area (Å²) < 4.78 is 12.2. The summed E-state index contributed by atoms with van der Waals surface area (Å²) in [5, 5.41) is 12.2. The summed E-state index contributed by atoms with van der Waals surface area (Å²) in [5.74, 6) is 0.843. The van der Waals surface area contributed by atoms with Gasteiger partial charge in [0.05, 0.1) is 38.5 Å². The molecule has 3 aromatic rings. The first-order valence-electron chi connectivity index (χ1n) is 7.17. The average Bonchev–Trinajstić information content (AvgIpc) is 3.10. The quantitative estimate of drug-likeness (QED) is 0.685. The van der Waals surface area contributed by atoms with Gasteiger partial charge in [0.1, 0.15) is 5.75 Å². The molecule has 0 aliphatic rings. The van der Waals surface area contributed by atoms with Crippen LogP contribution in [0, 0.1) is 0 Å². The Balaban J connectivity index is 1.90. The maximum Gasteiger partial charge on any atom is 0.322 e. The summed E-state index contributed by atoms with van der Waals surface area (Å²) in [6.45, 7) is -0.128. The molecular formula is C15H15ClN6O3. The number of aromatic nitrogens is 5. The van der Waals surface area contributed by atoms with E-state index in [1.807, 2.05) is 12.1 Å². The van der Waals surface area contributed by atoms with E-state index in [1.54, 1.807) is 30.3 Å². The molecule has 0 saturated heterocycles.